The van der Waals surface area contributed by atoms with Gasteiger partial charge in [0.15, 0.2) is 11.5 Å². The Morgan fingerprint density at radius 3 is 2.59 bits per heavy atom. The third-order valence-corrected chi connectivity index (χ3v) is 4.25. The van der Waals surface area contributed by atoms with E-state index in [-0.39, 0.29) is 18.6 Å². The Morgan fingerprint density at radius 2 is 1.90 bits per heavy atom. The maximum atomic E-state index is 12.5. The molecule has 0 bridgehead atoms. The lowest BCUT2D eigenvalue weighted by atomic mass is 10.1. The average Bonchev–Trinajstić information content (AvgIpc) is 2.74. The van der Waals surface area contributed by atoms with Crippen LogP contribution in [0.5, 0.6) is 11.5 Å². The Bertz CT molecular complexity index is 1150. The summed E-state index contributed by atoms with van der Waals surface area (Å²) in [4.78, 5) is 24.9. The summed E-state index contributed by atoms with van der Waals surface area (Å²) in [7, 11) is 3.01. The molecule has 0 aliphatic heterocycles. The van der Waals surface area contributed by atoms with Gasteiger partial charge in [0.05, 0.1) is 37.5 Å². The molecule has 0 radical (unpaired) electrons. The number of anilines is 1. The second-order valence-corrected chi connectivity index (χ2v) is 6.01. The smallest absolute Gasteiger partial charge is 0.319 e. The minimum Gasteiger partial charge on any atom is -0.493 e. The first-order chi connectivity index (χ1) is 14.1. The number of methoxy groups -OCH3 is 2. The summed E-state index contributed by atoms with van der Waals surface area (Å²) in [5.41, 5.74) is 0.718. The van der Waals surface area contributed by atoms with E-state index in [1.807, 2.05) is 0 Å². The Hall–Kier alpha value is -3.99. The van der Waals surface area contributed by atoms with E-state index in [1.165, 1.54) is 18.9 Å². The Morgan fingerprint density at radius 1 is 1.14 bits per heavy atom. The van der Waals surface area contributed by atoms with Gasteiger partial charge in [-0.1, -0.05) is 30.2 Å². The van der Waals surface area contributed by atoms with Crippen LogP contribution in [-0.4, -0.2) is 30.0 Å². The summed E-state index contributed by atoms with van der Waals surface area (Å²) in [5, 5.41) is 10.9. The zero-order chi connectivity index (χ0) is 20.8. The maximum absolute atomic E-state index is 12.5. The number of para-hydroxylation sites is 1. The molecule has 0 aliphatic rings. The highest BCUT2D eigenvalue weighted by molar-refractivity contribution is 5.92. The highest BCUT2D eigenvalue weighted by Gasteiger charge is 2.14. The van der Waals surface area contributed by atoms with E-state index >= 15 is 0 Å². The van der Waals surface area contributed by atoms with Gasteiger partial charge < -0.3 is 20.1 Å². The van der Waals surface area contributed by atoms with Gasteiger partial charge >= 0.3 is 6.03 Å². The van der Waals surface area contributed by atoms with E-state index in [4.69, 9.17) is 15.9 Å². The third-order valence-electron chi connectivity index (χ3n) is 4.25. The fourth-order valence-electron chi connectivity index (χ4n) is 2.95. The summed E-state index contributed by atoms with van der Waals surface area (Å²) >= 11 is 0. The van der Waals surface area contributed by atoms with Gasteiger partial charge in [0.1, 0.15) is 6.54 Å². The molecule has 3 rings (SSSR count). The first-order valence-electron chi connectivity index (χ1n) is 8.77. The molecule has 2 amide bonds. The fourth-order valence-corrected chi connectivity index (χ4v) is 2.95. The van der Waals surface area contributed by atoms with Gasteiger partial charge in [-0.25, -0.2) is 9.48 Å². The summed E-state index contributed by atoms with van der Waals surface area (Å²) in [5.74, 6) is 3.33. The first kappa shape index (κ1) is 19.8. The molecule has 0 saturated carbocycles. The Labute approximate surface area is 167 Å². The van der Waals surface area contributed by atoms with Gasteiger partial charge in [-0.2, -0.15) is 5.10 Å². The van der Waals surface area contributed by atoms with Crippen molar-refractivity contribution in [1.82, 2.24) is 15.1 Å². The molecule has 0 aliphatic carbocycles. The minimum atomic E-state index is -0.461. The Kier molecular flexibility index (Phi) is 6.00. The zero-order valence-electron chi connectivity index (χ0n) is 16.1. The van der Waals surface area contributed by atoms with Crippen LogP contribution in [-0.2, 0) is 13.1 Å². The first-order valence-corrected chi connectivity index (χ1v) is 8.77. The van der Waals surface area contributed by atoms with Crippen LogP contribution in [0.15, 0.2) is 47.3 Å². The lowest BCUT2D eigenvalue weighted by Gasteiger charge is -2.14. The molecule has 0 atom stereocenters. The molecule has 0 unspecified atom stereocenters. The largest absolute Gasteiger partial charge is 0.493 e. The minimum absolute atomic E-state index is 0.0455. The summed E-state index contributed by atoms with van der Waals surface area (Å²) < 4.78 is 11.7. The Balaban J connectivity index is 1.83. The van der Waals surface area contributed by atoms with Crippen molar-refractivity contribution in [2.45, 2.75) is 13.1 Å². The van der Waals surface area contributed by atoms with Crippen molar-refractivity contribution in [3.8, 4) is 23.8 Å². The van der Waals surface area contributed by atoms with Gasteiger partial charge in [0, 0.05) is 5.39 Å². The number of ether oxygens (including phenoxy) is 2. The maximum Gasteiger partial charge on any atom is 0.319 e. The van der Waals surface area contributed by atoms with E-state index in [0.717, 1.165) is 0 Å². The van der Waals surface area contributed by atoms with Crippen molar-refractivity contribution in [1.29, 1.82) is 0 Å². The number of hydrogen-bond donors (Lipinski definition) is 2. The summed E-state index contributed by atoms with van der Waals surface area (Å²) in [6.07, 6.45) is 5.33. The van der Waals surface area contributed by atoms with E-state index in [1.54, 1.807) is 42.5 Å². The van der Waals surface area contributed by atoms with Crippen molar-refractivity contribution in [2.24, 2.45) is 0 Å². The van der Waals surface area contributed by atoms with Crippen LogP contribution >= 0.6 is 0 Å². The summed E-state index contributed by atoms with van der Waals surface area (Å²) in [6.45, 7) is 0.146. The van der Waals surface area contributed by atoms with Crippen LogP contribution in [0, 0.1) is 12.3 Å². The van der Waals surface area contributed by atoms with E-state index in [9.17, 15) is 9.59 Å². The molecule has 0 fully saturated rings. The molecule has 2 aromatic carbocycles. The van der Waals surface area contributed by atoms with Crippen molar-refractivity contribution in [3.63, 3.8) is 0 Å². The molecule has 0 spiro atoms. The number of carbonyl (C=O) groups is 1. The van der Waals surface area contributed by atoms with Crippen LogP contribution in [0.1, 0.15) is 5.69 Å². The van der Waals surface area contributed by atoms with Gasteiger partial charge in [0.25, 0.3) is 5.56 Å². The number of amides is 2. The number of hydrogen-bond acceptors (Lipinski definition) is 5. The van der Waals surface area contributed by atoms with Crippen LogP contribution in [0.25, 0.3) is 10.8 Å². The number of aromatic nitrogens is 2. The molecule has 8 heteroatoms. The van der Waals surface area contributed by atoms with Crippen LogP contribution in [0.4, 0.5) is 10.5 Å². The second kappa shape index (κ2) is 8.80. The molecule has 1 heterocycles. The zero-order valence-corrected chi connectivity index (χ0v) is 16.1. The fraction of sp³-hybridized carbons (Fsp3) is 0.190. The molecular weight excluding hydrogens is 372 g/mol. The molecule has 148 valence electrons. The van der Waals surface area contributed by atoms with E-state index in [2.05, 4.69) is 21.7 Å². The number of nitrogens with one attached hydrogen (secondary N) is 2. The monoisotopic (exact) mass is 392 g/mol. The third kappa shape index (κ3) is 4.14. The lowest BCUT2D eigenvalue weighted by molar-refractivity contribution is 0.251. The molecular formula is C21H20N4O4. The predicted octanol–water partition coefficient (Wildman–Crippen LogP) is 2.37. The number of urea groups is 1. The SMILES string of the molecule is C#CCn1nc(CNC(=O)Nc2cccc(OC)c2OC)c2ccccc2c1=O. The molecule has 3 aromatic rings. The number of benzene rings is 2. The lowest BCUT2D eigenvalue weighted by Crippen LogP contribution is -2.31. The molecule has 1 aromatic heterocycles. The van der Waals surface area contributed by atoms with Gasteiger partial charge in [-0.05, 0) is 18.2 Å². The topological polar surface area (TPSA) is 94.5 Å². The van der Waals surface area contributed by atoms with Crippen molar-refractivity contribution in [3.05, 3.63) is 58.5 Å². The molecule has 8 nitrogen and oxygen atoms in total. The van der Waals surface area contributed by atoms with Crippen LogP contribution in [0.3, 0.4) is 0 Å². The second-order valence-electron chi connectivity index (χ2n) is 6.01. The highest BCUT2D eigenvalue weighted by Crippen LogP contribution is 2.34. The van der Waals surface area contributed by atoms with Gasteiger partial charge in [-0.3, -0.25) is 4.79 Å². The molecule has 2 N–H and O–H groups in total. The highest BCUT2D eigenvalue weighted by atomic mass is 16.5. The number of rotatable bonds is 6. The predicted molar refractivity (Wildman–Crippen MR) is 110 cm³/mol. The van der Waals surface area contributed by atoms with Crippen LogP contribution < -0.4 is 25.7 Å². The van der Waals surface area contributed by atoms with Crippen molar-refractivity contribution in [2.75, 3.05) is 19.5 Å². The van der Waals surface area contributed by atoms with Gasteiger partial charge in [0.2, 0.25) is 0 Å². The standard InChI is InChI=1S/C21H20N4O4/c1-4-12-25-20(26)15-9-6-5-8-14(15)17(24-25)13-22-21(27)23-16-10-7-11-18(28-2)19(16)29-3/h1,5-11H,12-13H2,2-3H3,(H2,22,23,27). The number of carbonyl (C=O) groups excluding carboxylic acids is 1. The quantitative estimate of drug-likeness (QED) is 0.628. The summed E-state index contributed by atoms with van der Waals surface area (Å²) in [6, 6.07) is 11.8. The average molecular weight is 392 g/mol. The normalized spacial score (nSPS) is 10.2. The molecule has 29 heavy (non-hydrogen) atoms. The van der Waals surface area contributed by atoms with Crippen molar-refractivity contribution < 1.29 is 14.3 Å². The van der Waals surface area contributed by atoms with Crippen LogP contribution in [0.2, 0.25) is 0 Å². The van der Waals surface area contributed by atoms with Gasteiger partial charge in [-0.15, -0.1) is 6.42 Å². The number of terminal acetylenes is 1. The number of fused-ring (bicyclic) bond motifs is 1. The van der Waals surface area contributed by atoms with Crippen molar-refractivity contribution >= 4 is 22.5 Å². The van der Waals surface area contributed by atoms with E-state index in [0.29, 0.717) is 33.7 Å². The number of nitrogens with zero attached hydrogens (tertiary/aromatic N) is 2. The van der Waals surface area contributed by atoms with E-state index < -0.39 is 6.03 Å². The molecule has 0 saturated heterocycles.